The summed E-state index contributed by atoms with van der Waals surface area (Å²) >= 11 is 0. The second-order valence-electron chi connectivity index (χ2n) is 4.94. The van der Waals surface area contributed by atoms with Crippen LogP contribution in [0.5, 0.6) is 5.75 Å². The van der Waals surface area contributed by atoms with Gasteiger partial charge in [-0.1, -0.05) is 47.6 Å². The van der Waals surface area contributed by atoms with E-state index in [-0.39, 0.29) is 18.0 Å². The van der Waals surface area contributed by atoms with Gasteiger partial charge in [0.05, 0.1) is 12.2 Å². The minimum atomic E-state index is -4.75. The molecule has 0 aliphatic carbocycles. The van der Waals surface area contributed by atoms with Gasteiger partial charge in [0.25, 0.3) is 0 Å². The molecule has 2 aromatic carbocycles. The summed E-state index contributed by atoms with van der Waals surface area (Å²) in [4.78, 5) is 0. The van der Waals surface area contributed by atoms with Gasteiger partial charge in [-0.15, -0.1) is 13.2 Å². The summed E-state index contributed by atoms with van der Waals surface area (Å²) in [5, 5.41) is 6.81. The van der Waals surface area contributed by atoms with Crippen LogP contribution in [-0.4, -0.2) is 11.5 Å². The first-order valence-electron chi connectivity index (χ1n) is 7.11. The number of benzene rings is 2. The molecule has 0 aliphatic heterocycles. The Morgan fingerprint density at radius 3 is 2.46 bits per heavy atom. The molecular formula is C17H13F3N2O2. The minimum absolute atomic E-state index is 0.179. The lowest BCUT2D eigenvalue weighted by atomic mass is 10.1. The monoisotopic (exact) mass is 334 g/mol. The van der Waals surface area contributed by atoms with E-state index >= 15 is 0 Å². The number of rotatable bonds is 5. The molecular weight excluding hydrogens is 321 g/mol. The van der Waals surface area contributed by atoms with E-state index in [1.807, 2.05) is 30.3 Å². The maximum Gasteiger partial charge on any atom is 0.573 e. The first kappa shape index (κ1) is 15.9. The third kappa shape index (κ3) is 4.07. The molecule has 0 fully saturated rings. The van der Waals surface area contributed by atoms with Crippen molar-refractivity contribution in [1.82, 2.24) is 5.16 Å². The first-order chi connectivity index (χ1) is 11.5. The smallest absolute Gasteiger partial charge is 0.404 e. The fourth-order valence-corrected chi connectivity index (χ4v) is 2.15. The lowest BCUT2D eigenvalue weighted by Gasteiger charge is -2.13. The van der Waals surface area contributed by atoms with Crippen LogP contribution < -0.4 is 10.1 Å². The van der Waals surface area contributed by atoms with Gasteiger partial charge < -0.3 is 14.6 Å². The molecule has 4 nitrogen and oxygen atoms in total. The zero-order chi connectivity index (χ0) is 17.0. The van der Waals surface area contributed by atoms with Gasteiger partial charge in [0.1, 0.15) is 5.69 Å². The first-order valence-corrected chi connectivity index (χ1v) is 7.11. The average Bonchev–Trinajstić information content (AvgIpc) is 3.02. The van der Waals surface area contributed by atoms with Crippen LogP contribution in [0, 0.1) is 0 Å². The van der Waals surface area contributed by atoms with Crippen LogP contribution in [0.2, 0.25) is 0 Å². The third-order valence-electron chi connectivity index (χ3n) is 3.19. The number of ether oxygens (including phenoxy) is 1. The van der Waals surface area contributed by atoms with Gasteiger partial charge in [0.2, 0.25) is 0 Å². The second-order valence-corrected chi connectivity index (χ2v) is 4.94. The van der Waals surface area contributed by atoms with Crippen LogP contribution in [0.4, 0.5) is 18.9 Å². The van der Waals surface area contributed by atoms with Crippen LogP contribution >= 0.6 is 0 Å². The van der Waals surface area contributed by atoms with Gasteiger partial charge in [-0.2, -0.15) is 0 Å². The number of alkyl halides is 3. The number of hydrogen-bond donors (Lipinski definition) is 1. The van der Waals surface area contributed by atoms with Crippen molar-refractivity contribution in [2.45, 2.75) is 12.9 Å². The predicted molar refractivity (Wildman–Crippen MR) is 82.4 cm³/mol. The van der Waals surface area contributed by atoms with E-state index in [0.717, 1.165) is 5.56 Å². The second kappa shape index (κ2) is 6.66. The molecule has 0 atom stereocenters. The van der Waals surface area contributed by atoms with Crippen molar-refractivity contribution in [1.29, 1.82) is 0 Å². The molecule has 0 spiro atoms. The SMILES string of the molecule is FC(F)(F)Oc1ccccc1NCc1cc(-c2ccccc2)no1. The maximum atomic E-state index is 12.4. The fraction of sp³-hybridized carbons (Fsp3) is 0.118. The van der Waals surface area contributed by atoms with Crippen molar-refractivity contribution < 1.29 is 22.4 Å². The van der Waals surface area contributed by atoms with Gasteiger partial charge in [-0.25, -0.2) is 0 Å². The normalized spacial score (nSPS) is 11.3. The summed E-state index contributed by atoms with van der Waals surface area (Å²) in [7, 11) is 0. The summed E-state index contributed by atoms with van der Waals surface area (Å²) in [6.45, 7) is 0.179. The van der Waals surface area contributed by atoms with Crippen molar-refractivity contribution in [2.75, 3.05) is 5.32 Å². The molecule has 0 aliphatic rings. The molecule has 7 heteroatoms. The van der Waals surface area contributed by atoms with Crippen molar-refractivity contribution in [3.05, 3.63) is 66.4 Å². The number of halogens is 3. The topological polar surface area (TPSA) is 47.3 Å². The van der Waals surface area contributed by atoms with Crippen molar-refractivity contribution >= 4 is 5.69 Å². The highest BCUT2D eigenvalue weighted by molar-refractivity contribution is 5.59. The number of para-hydroxylation sites is 2. The Labute approximate surface area is 135 Å². The Morgan fingerprint density at radius 2 is 1.71 bits per heavy atom. The zero-order valence-corrected chi connectivity index (χ0v) is 12.4. The van der Waals surface area contributed by atoms with Crippen molar-refractivity contribution in [3.63, 3.8) is 0 Å². The molecule has 0 saturated carbocycles. The highest BCUT2D eigenvalue weighted by atomic mass is 19.4. The quantitative estimate of drug-likeness (QED) is 0.724. The largest absolute Gasteiger partial charge is 0.573 e. The molecule has 3 aromatic rings. The van der Waals surface area contributed by atoms with Gasteiger partial charge in [-0.05, 0) is 12.1 Å². The summed E-state index contributed by atoms with van der Waals surface area (Å²) < 4.78 is 46.4. The van der Waals surface area contributed by atoms with E-state index < -0.39 is 6.36 Å². The van der Waals surface area contributed by atoms with Crippen LogP contribution in [0.15, 0.2) is 65.2 Å². The molecule has 0 bridgehead atoms. The van der Waals surface area contributed by atoms with E-state index in [0.29, 0.717) is 11.5 Å². The predicted octanol–water partition coefficient (Wildman–Crippen LogP) is 4.85. The molecule has 0 unspecified atom stereocenters. The number of nitrogens with one attached hydrogen (secondary N) is 1. The number of nitrogens with zero attached hydrogens (tertiary/aromatic N) is 1. The molecule has 3 rings (SSSR count). The average molecular weight is 334 g/mol. The van der Waals surface area contributed by atoms with E-state index in [2.05, 4.69) is 15.2 Å². The molecule has 1 heterocycles. The lowest BCUT2D eigenvalue weighted by Crippen LogP contribution is -2.18. The third-order valence-corrected chi connectivity index (χ3v) is 3.19. The Bertz CT molecular complexity index is 801. The molecule has 1 aromatic heterocycles. The molecule has 0 amide bonds. The Morgan fingerprint density at radius 1 is 1.00 bits per heavy atom. The van der Waals surface area contributed by atoms with E-state index in [4.69, 9.17) is 4.52 Å². The maximum absolute atomic E-state index is 12.4. The molecule has 1 N–H and O–H groups in total. The minimum Gasteiger partial charge on any atom is -0.404 e. The number of hydrogen-bond acceptors (Lipinski definition) is 4. The van der Waals surface area contributed by atoms with Gasteiger partial charge in [-0.3, -0.25) is 0 Å². The molecule has 124 valence electrons. The fourth-order valence-electron chi connectivity index (χ4n) is 2.15. The molecule has 0 saturated heterocycles. The summed E-state index contributed by atoms with van der Waals surface area (Å²) in [5.74, 6) is 0.198. The van der Waals surface area contributed by atoms with Crippen LogP contribution in [0.1, 0.15) is 5.76 Å². The van der Waals surface area contributed by atoms with E-state index in [1.54, 1.807) is 12.1 Å². The highest BCUT2D eigenvalue weighted by Gasteiger charge is 2.32. The Hall–Kier alpha value is -2.96. The number of aromatic nitrogens is 1. The van der Waals surface area contributed by atoms with Crippen molar-refractivity contribution in [3.8, 4) is 17.0 Å². The summed E-state index contributed by atoms with van der Waals surface area (Å²) in [5.41, 5.74) is 1.77. The lowest BCUT2D eigenvalue weighted by molar-refractivity contribution is -0.274. The Balaban J connectivity index is 1.70. The van der Waals surface area contributed by atoms with Gasteiger partial charge in [0.15, 0.2) is 11.5 Å². The highest BCUT2D eigenvalue weighted by Crippen LogP contribution is 2.30. The standard InChI is InChI=1S/C17H13F3N2O2/c18-17(19,20)23-16-9-5-4-8-14(16)21-11-13-10-15(22-24-13)12-6-2-1-3-7-12/h1-10,21H,11H2. The van der Waals surface area contributed by atoms with Crippen LogP contribution in [-0.2, 0) is 6.54 Å². The van der Waals surface area contributed by atoms with Crippen LogP contribution in [0.3, 0.4) is 0 Å². The summed E-state index contributed by atoms with van der Waals surface area (Å²) in [6, 6.07) is 17.0. The summed E-state index contributed by atoms with van der Waals surface area (Å²) in [6.07, 6.45) is -4.75. The van der Waals surface area contributed by atoms with Crippen molar-refractivity contribution in [2.24, 2.45) is 0 Å². The Kier molecular flexibility index (Phi) is 4.41. The number of anilines is 1. The zero-order valence-electron chi connectivity index (χ0n) is 12.4. The van der Waals surface area contributed by atoms with Gasteiger partial charge >= 0.3 is 6.36 Å². The molecule has 0 radical (unpaired) electrons. The van der Waals surface area contributed by atoms with Crippen LogP contribution in [0.25, 0.3) is 11.3 Å². The van der Waals surface area contributed by atoms with Gasteiger partial charge in [0, 0.05) is 11.6 Å². The van der Waals surface area contributed by atoms with E-state index in [1.165, 1.54) is 18.2 Å². The van der Waals surface area contributed by atoms with E-state index in [9.17, 15) is 13.2 Å². The molecule has 24 heavy (non-hydrogen) atoms.